The Kier molecular flexibility index (Phi) is 6.73. The van der Waals surface area contributed by atoms with Crippen LogP contribution in [-0.4, -0.2) is 0 Å². The van der Waals surface area contributed by atoms with Crippen molar-refractivity contribution in [3.63, 3.8) is 0 Å². The molecule has 0 N–H and O–H groups in total. The first-order valence-corrected chi connectivity index (χ1v) is 8.62. The molecule has 0 amide bonds. The standard InChI is InChI=1S/C19H24S/c1-2-3-4-6-9-17-12-14-19(15-13-17)20-16-18-10-7-5-8-11-18/h5,7-8,10-15H,2-4,6,9,16H2,1H3. The molecule has 2 aromatic carbocycles. The van der Waals surface area contributed by atoms with Gasteiger partial charge in [-0.3, -0.25) is 0 Å². The van der Waals surface area contributed by atoms with Crippen LogP contribution in [-0.2, 0) is 12.2 Å². The molecular weight excluding hydrogens is 260 g/mol. The largest absolute Gasteiger partial charge is 0.121 e. The maximum Gasteiger partial charge on any atom is 0.0231 e. The molecule has 106 valence electrons. The van der Waals surface area contributed by atoms with Gasteiger partial charge in [0.05, 0.1) is 0 Å². The van der Waals surface area contributed by atoms with E-state index in [1.54, 1.807) is 0 Å². The fourth-order valence-electron chi connectivity index (χ4n) is 2.25. The molecule has 2 aromatic rings. The number of unbranched alkanes of at least 4 members (excludes halogenated alkanes) is 3. The zero-order chi connectivity index (χ0) is 14.0. The minimum atomic E-state index is 1.05. The van der Waals surface area contributed by atoms with Crippen LogP contribution in [0.4, 0.5) is 0 Å². The molecule has 0 nitrogen and oxygen atoms in total. The highest BCUT2D eigenvalue weighted by molar-refractivity contribution is 7.98. The average molecular weight is 284 g/mol. The van der Waals surface area contributed by atoms with Gasteiger partial charge in [-0.05, 0) is 36.1 Å². The second-order valence-electron chi connectivity index (χ2n) is 5.23. The van der Waals surface area contributed by atoms with Crippen molar-refractivity contribution in [2.45, 2.75) is 49.7 Å². The van der Waals surface area contributed by atoms with Gasteiger partial charge in [0.25, 0.3) is 0 Å². The lowest BCUT2D eigenvalue weighted by atomic mass is 10.1. The second-order valence-corrected chi connectivity index (χ2v) is 6.28. The number of thioether (sulfide) groups is 1. The van der Waals surface area contributed by atoms with E-state index in [0.29, 0.717) is 0 Å². The van der Waals surface area contributed by atoms with Crippen molar-refractivity contribution < 1.29 is 0 Å². The summed E-state index contributed by atoms with van der Waals surface area (Å²) in [5, 5.41) is 0. The van der Waals surface area contributed by atoms with Crippen molar-refractivity contribution in [1.29, 1.82) is 0 Å². The van der Waals surface area contributed by atoms with Crippen LogP contribution in [0.5, 0.6) is 0 Å². The fraction of sp³-hybridized carbons (Fsp3) is 0.368. The molecule has 0 fully saturated rings. The van der Waals surface area contributed by atoms with Crippen LogP contribution in [0.25, 0.3) is 0 Å². The second kappa shape index (κ2) is 8.86. The third-order valence-electron chi connectivity index (χ3n) is 3.49. The summed E-state index contributed by atoms with van der Waals surface area (Å²) in [4.78, 5) is 1.37. The monoisotopic (exact) mass is 284 g/mol. The molecule has 0 saturated carbocycles. The van der Waals surface area contributed by atoms with Gasteiger partial charge in [-0.1, -0.05) is 68.7 Å². The normalized spacial score (nSPS) is 10.7. The van der Waals surface area contributed by atoms with Gasteiger partial charge in [0.15, 0.2) is 0 Å². The quantitative estimate of drug-likeness (QED) is 0.417. The van der Waals surface area contributed by atoms with E-state index < -0.39 is 0 Å². The lowest BCUT2D eigenvalue weighted by Crippen LogP contribution is -1.86. The molecule has 1 heteroatoms. The van der Waals surface area contributed by atoms with Crippen molar-refractivity contribution >= 4 is 11.8 Å². The van der Waals surface area contributed by atoms with E-state index in [2.05, 4.69) is 61.5 Å². The Morgan fingerprint density at radius 1 is 0.750 bits per heavy atom. The first-order chi connectivity index (χ1) is 9.88. The number of hydrogen-bond donors (Lipinski definition) is 0. The third kappa shape index (κ3) is 5.42. The third-order valence-corrected chi connectivity index (χ3v) is 4.57. The van der Waals surface area contributed by atoms with Crippen LogP contribution < -0.4 is 0 Å². The van der Waals surface area contributed by atoms with Crippen LogP contribution in [0.3, 0.4) is 0 Å². The molecule has 0 unspecified atom stereocenters. The zero-order valence-corrected chi connectivity index (χ0v) is 13.2. The number of rotatable bonds is 8. The van der Waals surface area contributed by atoms with Gasteiger partial charge in [-0.15, -0.1) is 11.8 Å². The first-order valence-electron chi connectivity index (χ1n) is 7.64. The van der Waals surface area contributed by atoms with Crippen molar-refractivity contribution in [1.82, 2.24) is 0 Å². The number of hydrogen-bond acceptors (Lipinski definition) is 1. The predicted molar refractivity (Wildman–Crippen MR) is 90.3 cm³/mol. The van der Waals surface area contributed by atoms with E-state index in [-0.39, 0.29) is 0 Å². The molecule has 0 spiro atoms. The summed E-state index contributed by atoms with van der Waals surface area (Å²) < 4.78 is 0. The van der Waals surface area contributed by atoms with Crippen LogP contribution in [0.1, 0.15) is 43.7 Å². The number of aryl methyl sites for hydroxylation is 1. The van der Waals surface area contributed by atoms with Crippen molar-refractivity contribution in [3.05, 3.63) is 65.7 Å². The van der Waals surface area contributed by atoms with Gasteiger partial charge in [0.1, 0.15) is 0 Å². The lowest BCUT2D eigenvalue weighted by Gasteiger charge is -2.05. The van der Waals surface area contributed by atoms with Gasteiger partial charge in [-0.25, -0.2) is 0 Å². The molecule has 0 atom stereocenters. The van der Waals surface area contributed by atoms with Crippen LogP contribution in [0.2, 0.25) is 0 Å². The summed E-state index contributed by atoms with van der Waals surface area (Å²) in [5.74, 6) is 1.05. The van der Waals surface area contributed by atoms with E-state index in [0.717, 1.165) is 5.75 Å². The summed E-state index contributed by atoms with van der Waals surface area (Å²) in [6.45, 7) is 2.26. The zero-order valence-electron chi connectivity index (χ0n) is 12.3. The van der Waals surface area contributed by atoms with E-state index in [4.69, 9.17) is 0 Å². The summed E-state index contributed by atoms with van der Waals surface area (Å²) >= 11 is 1.91. The van der Waals surface area contributed by atoms with Gasteiger partial charge in [0.2, 0.25) is 0 Å². The van der Waals surface area contributed by atoms with E-state index >= 15 is 0 Å². The summed E-state index contributed by atoms with van der Waals surface area (Å²) in [6, 6.07) is 19.8. The first kappa shape index (κ1) is 15.2. The molecule has 0 aromatic heterocycles. The molecule has 20 heavy (non-hydrogen) atoms. The maximum atomic E-state index is 2.29. The van der Waals surface area contributed by atoms with Gasteiger partial charge in [0, 0.05) is 10.6 Å². The summed E-state index contributed by atoms with van der Waals surface area (Å²) in [5.41, 5.74) is 2.87. The SMILES string of the molecule is CCCCCCc1ccc(SCc2ccccc2)cc1. The fourth-order valence-corrected chi connectivity index (χ4v) is 3.10. The molecule has 2 rings (SSSR count). The van der Waals surface area contributed by atoms with Gasteiger partial charge >= 0.3 is 0 Å². The summed E-state index contributed by atoms with van der Waals surface area (Å²) in [6.07, 6.45) is 6.59. The molecule has 0 bridgehead atoms. The van der Waals surface area contributed by atoms with Gasteiger partial charge < -0.3 is 0 Å². The minimum Gasteiger partial charge on any atom is -0.121 e. The Hall–Kier alpha value is -1.21. The van der Waals surface area contributed by atoms with E-state index in [9.17, 15) is 0 Å². The van der Waals surface area contributed by atoms with Crippen LogP contribution >= 0.6 is 11.8 Å². The van der Waals surface area contributed by atoms with Crippen LogP contribution in [0.15, 0.2) is 59.5 Å². The van der Waals surface area contributed by atoms with Crippen LogP contribution in [0, 0.1) is 0 Å². The molecule has 0 heterocycles. The Morgan fingerprint density at radius 2 is 1.50 bits per heavy atom. The molecule has 0 radical (unpaired) electrons. The topological polar surface area (TPSA) is 0 Å². The minimum absolute atomic E-state index is 1.05. The van der Waals surface area contributed by atoms with E-state index in [1.165, 1.54) is 48.1 Å². The Bertz CT molecular complexity index is 473. The molecular formula is C19H24S. The molecule has 0 saturated heterocycles. The lowest BCUT2D eigenvalue weighted by molar-refractivity contribution is 0.667. The van der Waals surface area contributed by atoms with Crippen molar-refractivity contribution in [2.75, 3.05) is 0 Å². The summed E-state index contributed by atoms with van der Waals surface area (Å²) in [7, 11) is 0. The van der Waals surface area contributed by atoms with Gasteiger partial charge in [-0.2, -0.15) is 0 Å². The van der Waals surface area contributed by atoms with E-state index in [1.807, 2.05) is 11.8 Å². The highest BCUT2D eigenvalue weighted by Gasteiger charge is 1.98. The van der Waals surface area contributed by atoms with Crippen molar-refractivity contribution in [2.24, 2.45) is 0 Å². The Balaban J connectivity index is 1.76. The maximum absolute atomic E-state index is 2.29. The Labute approximate surface area is 127 Å². The average Bonchev–Trinajstić information content (AvgIpc) is 2.52. The smallest absolute Gasteiger partial charge is 0.0231 e. The highest BCUT2D eigenvalue weighted by atomic mass is 32.2. The molecule has 0 aliphatic heterocycles. The molecule has 0 aliphatic rings. The predicted octanol–water partition coefficient (Wildman–Crippen LogP) is 6.10. The molecule has 0 aliphatic carbocycles. The highest BCUT2D eigenvalue weighted by Crippen LogP contribution is 2.23. The van der Waals surface area contributed by atoms with Crippen molar-refractivity contribution in [3.8, 4) is 0 Å². The Morgan fingerprint density at radius 3 is 2.20 bits per heavy atom. The number of benzene rings is 2.